The molecule has 1 amide bonds. The van der Waals surface area contributed by atoms with Crippen LogP contribution in [0.2, 0.25) is 0 Å². The molecule has 1 aliphatic heterocycles. The standard InChI is InChI=1S/C15H16ClFN2O4/c16-7-13(20)19-15-11(17)5-9(1-2-14(21)22)6-12(15)18-8-10-3-4-23-10/h1-2,5-6,10,18H,3-4,7-8H2,(H,19,20)(H,21,22)/b2-1+. The van der Waals surface area contributed by atoms with Crippen LogP contribution in [0.15, 0.2) is 18.2 Å². The summed E-state index contributed by atoms with van der Waals surface area (Å²) in [5, 5.41) is 14.1. The molecule has 1 aromatic rings. The number of benzene rings is 1. The minimum atomic E-state index is -1.14. The molecule has 0 bridgehead atoms. The van der Waals surface area contributed by atoms with E-state index in [-0.39, 0.29) is 17.7 Å². The normalized spacial score (nSPS) is 16.9. The molecule has 2 rings (SSSR count). The van der Waals surface area contributed by atoms with Crippen molar-refractivity contribution in [3.05, 3.63) is 29.6 Å². The zero-order chi connectivity index (χ0) is 16.8. The lowest BCUT2D eigenvalue weighted by molar-refractivity contribution is -0.131. The highest BCUT2D eigenvalue weighted by Gasteiger charge is 2.19. The number of amides is 1. The molecule has 8 heteroatoms. The number of aliphatic carboxylic acids is 1. The molecule has 1 aromatic carbocycles. The topological polar surface area (TPSA) is 87.7 Å². The molecule has 1 aliphatic rings. The maximum atomic E-state index is 14.2. The number of alkyl halides is 1. The van der Waals surface area contributed by atoms with Crippen molar-refractivity contribution >= 4 is 40.9 Å². The summed E-state index contributed by atoms with van der Waals surface area (Å²) in [4.78, 5) is 22.0. The molecule has 124 valence electrons. The second-order valence-electron chi connectivity index (χ2n) is 4.94. The van der Waals surface area contributed by atoms with E-state index in [0.717, 1.165) is 18.6 Å². The lowest BCUT2D eigenvalue weighted by atomic mass is 10.1. The Labute approximate surface area is 137 Å². The summed E-state index contributed by atoms with van der Waals surface area (Å²) >= 11 is 5.43. The third-order valence-corrected chi connectivity index (χ3v) is 3.47. The van der Waals surface area contributed by atoms with Crippen LogP contribution >= 0.6 is 11.6 Å². The van der Waals surface area contributed by atoms with Crippen LogP contribution in [0.1, 0.15) is 12.0 Å². The smallest absolute Gasteiger partial charge is 0.328 e. The number of rotatable bonds is 7. The second-order valence-corrected chi connectivity index (χ2v) is 5.21. The first-order valence-corrected chi connectivity index (χ1v) is 7.49. The van der Waals surface area contributed by atoms with E-state index < -0.39 is 17.7 Å². The summed E-state index contributed by atoms with van der Waals surface area (Å²) in [5.74, 6) is -2.66. The Morgan fingerprint density at radius 2 is 2.22 bits per heavy atom. The van der Waals surface area contributed by atoms with Crippen molar-refractivity contribution in [1.82, 2.24) is 0 Å². The second kappa shape index (κ2) is 7.94. The molecule has 0 spiro atoms. The number of carbonyl (C=O) groups is 2. The highest BCUT2D eigenvalue weighted by Crippen LogP contribution is 2.28. The van der Waals surface area contributed by atoms with E-state index in [9.17, 15) is 14.0 Å². The predicted molar refractivity (Wildman–Crippen MR) is 85.3 cm³/mol. The van der Waals surface area contributed by atoms with Gasteiger partial charge in [0, 0.05) is 19.2 Å². The average Bonchev–Trinajstić information content (AvgIpc) is 2.46. The highest BCUT2D eigenvalue weighted by atomic mass is 35.5. The van der Waals surface area contributed by atoms with Gasteiger partial charge in [-0.3, -0.25) is 4.79 Å². The largest absolute Gasteiger partial charge is 0.478 e. The van der Waals surface area contributed by atoms with Crippen LogP contribution in [0.4, 0.5) is 15.8 Å². The van der Waals surface area contributed by atoms with Crippen molar-refractivity contribution in [2.75, 3.05) is 29.7 Å². The number of nitrogens with one attached hydrogen (secondary N) is 2. The molecule has 0 aromatic heterocycles. The van der Waals surface area contributed by atoms with Crippen LogP contribution in [0.3, 0.4) is 0 Å². The van der Waals surface area contributed by atoms with E-state index in [1.807, 2.05) is 0 Å². The Kier molecular flexibility index (Phi) is 5.95. The van der Waals surface area contributed by atoms with Crippen LogP contribution in [0.5, 0.6) is 0 Å². The first-order valence-electron chi connectivity index (χ1n) is 6.95. The molecule has 23 heavy (non-hydrogen) atoms. The number of halogens is 2. The van der Waals surface area contributed by atoms with E-state index in [1.165, 1.54) is 6.08 Å². The zero-order valence-corrected chi connectivity index (χ0v) is 12.9. The lowest BCUT2D eigenvalue weighted by Crippen LogP contribution is -2.33. The Balaban J connectivity index is 2.25. The number of carboxylic acids is 1. The van der Waals surface area contributed by atoms with Gasteiger partial charge in [0.15, 0.2) is 0 Å². The minimum absolute atomic E-state index is 0.0255. The minimum Gasteiger partial charge on any atom is -0.478 e. The van der Waals surface area contributed by atoms with Gasteiger partial charge in [0.1, 0.15) is 17.4 Å². The van der Waals surface area contributed by atoms with Crippen molar-refractivity contribution in [1.29, 1.82) is 0 Å². The number of carboxylic acid groups (broad SMARTS) is 1. The summed E-state index contributed by atoms with van der Waals surface area (Å²) in [6.07, 6.45) is 3.11. The van der Waals surface area contributed by atoms with E-state index >= 15 is 0 Å². The molecule has 0 aliphatic carbocycles. The van der Waals surface area contributed by atoms with Crippen molar-refractivity contribution in [3.63, 3.8) is 0 Å². The first-order chi connectivity index (χ1) is 11.0. The molecule has 1 fully saturated rings. The van der Waals surface area contributed by atoms with Crippen LogP contribution in [0, 0.1) is 5.82 Å². The van der Waals surface area contributed by atoms with Gasteiger partial charge in [0.2, 0.25) is 5.91 Å². The van der Waals surface area contributed by atoms with E-state index in [0.29, 0.717) is 24.4 Å². The molecular weight excluding hydrogens is 327 g/mol. The van der Waals surface area contributed by atoms with Crippen molar-refractivity contribution < 1.29 is 23.8 Å². The van der Waals surface area contributed by atoms with E-state index in [4.69, 9.17) is 21.4 Å². The van der Waals surface area contributed by atoms with Crippen LogP contribution in [0.25, 0.3) is 6.08 Å². The summed E-state index contributed by atoms with van der Waals surface area (Å²) < 4.78 is 19.5. The van der Waals surface area contributed by atoms with Crippen molar-refractivity contribution in [3.8, 4) is 0 Å². The number of hydrogen-bond donors (Lipinski definition) is 3. The van der Waals surface area contributed by atoms with Gasteiger partial charge in [-0.15, -0.1) is 11.6 Å². The number of carbonyl (C=O) groups excluding carboxylic acids is 1. The SMILES string of the molecule is O=C(O)/C=C/c1cc(F)c(NC(=O)CCl)c(NCC2CCO2)c1. The van der Waals surface area contributed by atoms with Gasteiger partial charge in [-0.1, -0.05) is 0 Å². The van der Waals surface area contributed by atoms with Gasteiger partial charge in [-0.25, -0.2) is 9.18 Å². The summed E-state index contributed by atoms with van der Waals surface area (Å²) in [5.41, 5.74) is 0.664. The quantitative estimate of drug-likeness (QED) is 0.523. The van der Waals surface area contributed by atoms with Crippen molar-refractivity contribution in [2.24, 2.45) is 0 Å². The van der Waals surface area contributed by atoms with Crippen LogP contribution in [-0.2, 0) is 14.3 Å². The van der Waals surface area contributed by atoms with Gasteiger partial charge in [-0.05, 0) is 30.2 Å². The lowest BCUT2D eigenvalue weighted by Gasteiger charge is -2.27. The summed E-state index contributed by atoms with van der Waals surface area (Å²) in [6, 6.07) is 2.68. The third-order valence-electron chi connectivity index (χ3n) is 3.23. The Hall–Kier alpha value is -2.12. The molecule has 1 atom stereocenters. The Morgan fingerprint density at radius 3 is 2.78 bits per heavy atom. The number of hydrogen-bond acceptors (Lipinski definition) is 4. The fraction of sp³-hybridized carbons (Fsp3) is 0.333. The predicted octanol–water partition coefficient (Wildman–Crippen LogP) is 2.30. The van der Waals surface area contributed by atoms with Gasteiger partial charge in [0.05, 0.1) is 11.8 Å². The molecule has 1 unspecified atom stereocenters. The maximum Gasteiger partial charge on any atom is 0.328 e. The summed E-state index contributed by atoms with van der Waals surface area (Å²) in [6.45, 7) is 1.15. The zero-order valence-electron chi connectivity index (χ0n) is 12.1. The summed E-state index contributed by atoms with van der Waals surface area (Å²) in [7, 11) is 0. The van der Waals surface area contributed by atoms with E-state index in [1.54, 1.807) is 6.07 Å². The third kappa shape index (κ3) is 4.94. The van der Waals surface area contributed by atoms with Gasteiger partial charge in [-0.2, -0.15) is 0 Å². The van der Waals surface area contributed by atoms with Gasteiger partial charge in [0.25, 0.3) is 0 Å². The number of anilines is 2. The molecule has 3 N–H and O–H groups in total. The molecular formula is C15H16ClFN2O4. The van der Waals surface area contributed by atoms with Crippen molar-refractivity contribution in [2.45, 2.75) is 12.5 Å². The fourth-order valence-corrected chi connectivity index (χ4v) is 2.07. The Bertz CT molecular complexity index is 632. The maximum absolute atomic E-state index is 14.2. The molecule has 1 saturated heterocycles. The van der Waals surface area contributed by atoms with Crippen LogP contribution in [-0.4, -0.2) is 42.1 Å². The van der Waals surface area contributed by atoms with E-state index in [2.05, 4.69) is 10.6 Å². The molecule has 0 saturated carbocycles. The molecule has 1 heterocycles. The first kappa shape index (κ1) is 17.2. The number of ether oxygens (including phenoxy) is 1. The van der Waals surface area contributed by atoms with Crippen LogP contribution < -0.4 is 10.6 Å². The van der Waals surface area contributed by atoms with Gasteiger partial charge < -0.3 is 20.5 Å². The highest BCUT2D eigenvalue weighted by molar-refractivity contribution is 6.29. The molecule has 0 radical (unpaired) electrons. The van der Waals surface area contributed by atoms with Gasteiger partial charge >= 0.3 is 5.97 Å². The average molecular weight is 343 g/mol. The molecule has 6 nitrogen and oxygen atoms in total. The fourth-order valence-electron chi connectivity index (χ4n) is 2.00. The monoisotopic (exact) mass is 342 g/mol. The Morgan fingerprint density at radius 1 is 1.48 bits per heavy atom.